The molecule has 8 heteroatoms. The lowest BCUT2D eigenvalue weighted by atomic mass is 10.6. The summed E-state index contributed by atoms with van der Waals surface area (Å²) in [5.74, 6) is 0.397. The third-order valence-corrected chi connectivity index (χ3v) is 0.871. The molecule has 0 saturated heterocycles. The van der Waals surface area contributed by atoms with Crippen molar-refractivity contribution in [3.8, 4) is 0 Å². The van der Waals surface area contributed by atoms with E-state index in [1.165, 1.54) is 6.42 Å². The molecule has 0 aromatic heterocycles. The minimum Gasteiger partial charge on any atom is -0.387 e. The molecule has 0 bridgehead atoms. The molecule has 0 rings (SSSR count). The van der Waals surface area contributed by atoms with E-state index >= 15 is 0 Å². The van der Waals surface area contributed by atoms with Gasteiger partial charge in [-0.05, 0) is 6.92 Å². The summed E-state index contributed by atoms with van der Waals surface area (Å²) < 4.78 is 0. The summed E-state index contributed by atoms with van der Waals surface area (Å²) in [5.41, 5.74) is 14.6. The van der Waals surface area contributed by atoms with Gasteiger partial charge in [-0.15, -0.1) is 4.95 Å². The topological polar surface area (TPSA) is 134 Å². The highest BCUT2D eigenvalue weighted by atomic mass is 15.2. The fourth-order valence-electron chi connectivity index (χ4n) is 0.325. The van der Waals surface area contributed by atoms with Crippen LogP contribution in [0.3, 0.4) is 0 Å². The average Bonchev–Trinajstić information content (AvgIpc) is 2.18. The number of aliphatic imine (C=N–C) groups is 1. The molecule has 112 valence electrons. The lowest BCUT2D eigenvalue weighted by Gasteiger charge is -2.07. The van der Waals surface area contributed by atoms with Gasteiger partial charge in [-0.2, -0.15) is 6.57 Å². The van der Waals surface area contributed by atoms with Crippen molar-refractivity contribution in [2.75, 3.05) is 14.1 Å². The Kier molecular flexibility index (Phi) is 24.3. The number of amidine groups is 1. The van der Waals surface area contributed by atoms with Crippen LogP contribution >= 0.6 is 0 Å². The van der Waals surface area contributed by atoms with Gasteiger partial charge in [0.05, 0.1) is 5.84 Å². The predicted octanol–water partition coefficient (Wildman–Crippen LogP) is 1.01. The van der Waals surface area contributed by atoms with E-state index in [1.54, 1.807) is 25.9 Å². The molecule has 0 saturated carbocycles. The number of nitrogens with two attached hydrogens (primary N) is 3. The van der Waals surface area contributed by atoms with Crippen LogP contribution in [0.15, 0.2) is 10.1 Å². The first kappa shape index (κ1) is 25.5. The fraction of sp³-hybridized carbons (Fsp3) is 0.636. The molecule has 7 N–H and O–H groups in total. The molecule has 0 aliphatic carbocycles. The maximum absolute atomic E-state index is 7.13. The molecule has 0 fully saturated rings. The Morgan fingerprint density at radius 1 is 1.26 bits per heavy atom. The quantitative estimate of drug-likeness (QED) is 0.226. The predicted molar refractivity (Wildman–Crippen MR) is 83.8 cm³/mol. The minimum absolute atomic E-state index is 0. The largest absolute Gasteiger partial charge is 0.387 e. The van der Waals surface area contributed by atoms with E-state index in [9.17, 15) is 0 Å². The summed E-state index contributed by atoms with van der Waals surface area (Å²) in [6.07, 6.45) is 1.25. The maximum Gasteiger partial charge on any atom is 0.272 e. The molecule has 0 heterocycles. The summed E-state index contributed by atoms with van der Waals surface area (Å²) >= 11 is 0. The van der Waals surface area contributed by atoms with E-state index in [0.717, 1.165) is 0 Å². The smallest absolute Gasteiger partial charge is 0.272 e. The van der Waals surface area contributed by atoms with Gasteiger partial charge >= 0.3 is 0 Å². The van der Waals surface area contributed by atoms with Gasteiger partial charge in [0, 0.05) is 14.1 Å². The van der Waals surface area contributed by atoms with E-state index in [-0.39, 0.29) is 19.3 Å². The van der Waals surface area contributed by atoms with Crippen molar-refractivity contribution in [2.45, 2.75) is 34.6 Å². The maximum atomic E-state index is 7.13. The summed E-state index contributed by atoms with van der Waals surface area (Å²) in [6, 6.07) is 0. The molecule has 0 aromatic carbocycles. The molecule has 19 heavy (non-hydrogen) atoms. The molecular formula is C11H28N8. The van der Waals surface area contributed by atoms with Crippen LogP contribution in [0.25, 0.3) is 4.95 Å². The van der Waals surface area contributed by atoms with Crippen LogP contribution < -0.4 is 17.2 Å². The first-order valence-corrected chi connectivity index (χ1v) is 5.24. The van der Waals surface area contributed by atoms with Gasteiger partial charge in [0.15, 0.2) is 0 Å². The Morgan fingerprint density at radius 2 is 1.63 bits per heavy atom. The summed E-state index contributed by atoms with van der Waals surface area (Å²) in [6.45, 7) is 11.9. The van der Waals surface area contributed by atoms with Crippen LogP contribution in [0, 0.1) is 12.0 Å². The zero-order valence-corrected chi connectivity index (χ0v) is 11.7. The van der Waals surface area contributed by atoms with Crippen LogP contribution in [0.4, 0.5) is 0 Å². The summed E-state index contributed by atoms with van der Waals surface area (Å²) in [7, 11) is 3.49. The first-order valence-electron chi connectivity index (χ1n) is 5.24. The van der Waals surface area contributed by atoms with Crippen molar-refractivity contribution in [1.29, 1.82) is 5.41 Å². The van der Waals surface area contributed by atoms with Gasteiger partial charge in [-0.25, -0.2) is 4.99 Å². The Bertz CT molecular complexity index is 303. The van der Waals surface area contributed by atoms with E-state index in [4.69, 9.17) is 29.2 Å². The van der Waals surface area contributed by atoms with Crippen molar-refractivity contribution in [1.82, 2.24) is 4.90 Å². The van der Waals surface area contributed by atoms with E-state index in [1.807, 2.05) is 0 Å². The van der Waals surface area contributed by atoms with Crippen molar-refractivity contribution < 1.29 is 0 Å². The van der Waals surface area contributed by atoms with Crippen LogP contribution in [0.1, 0.15) is 34.6 Å². The van der Waals surface area contributed by atoms with Crippen molar-refractivity contribution in [3.05, 3.63) is 11.5 Å². The van der Waals surface area contributed by atoms with Gasteiger partial charge in [-0.3, -0.25) is 5.41 Å². The molecule has 0 radical (unpaired) electrons. The second-order valence-electron chi connectivity index (χ2n) is 3.30. The SMILES string of the molecule is C.CC(N)=NC(=N)N(C)C.CCC.[C-]#[N+]N=C(N)N. The zero-order chi connectivity index (χ0) is 15.1. The summed E-state index contributed by atoms with van der Waals surface area (Å²) in [4.78, 5) is 7.78. The third-order valence-electron chi connectivity index (χ3n) is 0.871. The molecule has 8 nitrogen and oxygen atoms in total. The highest BCUT2D eigenvalue weighted by molar-refractivity contribution is 5.92. The van der Waals surface area contributed by atoms with Gasteiger partial charge in [0.2, 0.25) is 5.96 Å². The van der Waals surface area contributed by atoms with E-state index in [0.29, 0.717) is 5.84 Å². The minimum atomic E-state index is -0.190. The molecule has 0 spiro atoms. The molecule has 0 unspecified atom stereocenters. The lowest BCUT2D eigenvalue weighted by Crippen LogP contribution is -2.21. The fourth-order valence-corrected chi connectivity index (χ4v) is 0.325. The monoisotopic (exact) mass is 272 g/mol. The number of nitrogens with zero attached hydrogens (tertiary/aromatic N) is 4. The Morgan fingerprint density at radius 3 is 1.68 bits per heavy atom. The van der Waals surface area contributed by atoms with Crippen molar-refractivity contribution >= 4 is 17.8 Å². The van der Waals surface area contributed by atoms with Crippen LogP contribution in [0.2, 0.25) is 0 Å². The number of rotatable bonds is 0. The van der Waals surface area contributed by atoms with Gasteiger partial charge in [-0.1, -0.05) is 27.7 Å². The molecule has 0 atom stereocenters. The first-order chi connectivity index (χ1) is 8.22. The Labute approximate surface area is 116 Å². The third kappa shape index (κ3) is 38.9. The zero-order valence-electron chi connectivity index (χ0n) is 11.7. The van der Waals surface area contributed by atoms with Crippen molar-refractivity contribution in [2.24, 2.45) is 27.3 Å². The van der Waals surface area contributed by atoms with Crippen LogP contribution in [0.5, 0.6) is 0 Å². The molecule has 0 aliphatic heterocycles. The number of nitrogens with one attached hydrogen (secondary N) is 1. The highest BCUT2D eigenvalue weighted by Crippen LogP contribution is 1.79. The summed E-state index contributed by atoms with van der Waals surface area (Å²) in [5, 5.41) is 10.0. The normalized spacial score (nSPS) is 8.11. The average molecular weight is 272 g/mol. The van der Waals surface area contributed by atoms with Gasteiger partial charge < -0.3 is 22.1 Å². The molecular weight excluding hydrogens is 244 g/mol. The second-order valence-corrected chi connectivity index (χ2v) is 3.30. The van der Waals surface area contributed by atoms with E-state index < -0.39 is 0 Å². The van der Waals surface area contributed by atoms with Gasteiger partial charge in [0.25, 0.3) is 5.96 Å². The molecule has 0 amide bonds. The van der Waals surface area contributed by atoms with Crippen molar-refractivity contribution in [3.63, 3.8) is 0 Å². The lowest BCUT2D eigenvalue weighted by molar-refractivity contribution is 0.610. The van der Waals surface area contributed by atoms with Gasteiger partial charge in [0.1, 0.15) is 5.10 Å². The standard InChI is InChI=1S/C5H12N4.C3H8.C2H4N4.CH4/c1-4(6)8-5(7)9(2)3;1-3-2;1-5-6-2(3)4;/h1-3H3,(H3,6,7,8);3H2,1-2H3;(H4,3,4,6);1H4. The number of hydrogen-bond donors (Lipinski definition) is 4. The van der Waals surface area contributed by atoms with E-state index in [2.05, 4.69) is 28.9 Å². The second kappa shape index (κ2) is 18.1. The van der Waals surface area contributed by atoms with Crippen LogP contribution in [-0.2, 0) is 0 Å². The number of hydrogen-bond acceptors (Lipinski definition) is 2. The highest BCUT2D eigenvalue weighted by Gasteiger charge is 1.92. The van der Waals surface area contributed by atoms with Crippen LogP contribution in [-0.4, -0.2) is 36.7 Å². The Balaban J connectivity index is -0.0000000982. The number of guanidine groups is 2. The molecule has 0 aromatic rings. The molecule has 0 aliphatic rings. The Hall–Kier alpha value is -2.30.